The van der Waals surface area contributed by atoms with Gasteiger partial charge in [0.25, 0.3) is 0 Å². The molecule has 2 N–H and O–H groups in total. The van der Waals surface area contributed by atoms with Gasteiger partial charge in [-0.1, -0.05) is 0 Å². The van der Waals surface area contributed by atoms with E-state index in [9.17, 15) is 18.0 Å². The molecule has 0 aromatic heterocycles. The molecule has 0 saturated heterocycles. The summed E-state index contributed by atoms with van der Waals surface area (Å²) in [4.78, 5) is 22.1. The smallest absolute Gasteiger partial charge is 0.338 e. The van der Waals surface area contributed by atoms with Gasteiger partial charge in [-0.2, -0.15) is 4.72 Å². The number of aliphatic carboxylic acids is 1. The maximum Gasteiger partial charge on any atom is 0.338 e. The predicted octanol–water partition coefficient (Wildman–Crippen LogP) is 0.623. The third-order valence-corrected chi connectivity index (χ3v) is 4.23. The number of nitrogens with one attached hydrogen (secondary N) is 1. The van der Waals surface area contributed by atoms with Crippen molar-refractivity contribution in [3.8, 4) is 5.75 Å². The molecule has 122 valence electrons. The molecule has 0 spiro atoms. The Morgan fingerprint density at radius 1 is 1.36 bits per heavy atom. The number of methoxy groups -OCH3 is 1. The maximum absolute atomic E-state index is 12.3. The molecular weight excluding hydrogens is 314 g/mol. The number of carboxylic acids is 1. The van der Waals surface area contributed by atoms with Crippen molar-refractivity contribution in [1.82, 2.24) is 4.72 Å². The molecule has 9 heteroatoms. The lowest BCUT2D eigenvalue weighted by Gasteiger charge is -2.14. The average molecular weight is 331 g/mol. The summed E-state index contributed by atoms with van der Waals surface area (Å²) in [7, 11) is -2.92. The molecule has 0 heterocycles. The number of benzene rings is 1. The van der Waals surface area contributed by atoms with Crippen molar-refractivity contribution in [3.63, 3.8) is 0 Å². The normalized spacial score (nSPS) is 12.5. The van der Waals surface area contributed by atoms with Crippen molar-refractivity contribution in [1.29, 1.82) is 0 Å². The topological polar surface area (TPSA) is 119 Å². The van der Waals surface area contributed by atoms with Crippen LogP contribution in [0.2, 0.25) is 0 Å². The summed E-state index contributed by atoms with van der Waals surface area (Å²) in [5, 5.41) is 8.80. The lowest BCUT2D eigenvalue weighted by Crippen LogP contribution is -2.38. The molecule has 1 rings (SSSR count). The minimum Gasteiger partial charge on any atom is -0.495 e. The minimum atomic E-state index is -4.18. The highest BCUT2D eigenvalue weighted by Gasteiger charge is 2.26. The second kappa shape index (κ2) is 7.23. The summed E-state index contributed by atoms with van der Waals surface area (Å²) < 4.78 is 36.2. The van der Waals surface area contributed by atoms with Crippen LogP contribution >= 0.6 is 0 Å². The Balaban J connectivity index is 3.28. The van der Waals surface area contributed by atoms with Gasteiger partial charge in [0, 0.05) is 0 Å². The van der Waals surface area contributed by atoms with Gasteiger partial charge in [0.05, 0.1) is 19.3 Å². The molecule has 8 nitrogen and oxygen atoms in total. The molecule has 1 atom stereocenters. The molecule has 0 fully saturated rings. The maximum atomic E-state index is 12.3. The van der Waals surface area contributed by atoms with Crippen LogP contribution in [0.3, 0.4) is 0 Å². The fourth-order valence-electron chi connectivity index (χ4n) is 1.57. The van der Waals surface area contributed by atoms with Crippen molar-refractivity contribution >= 4 is 22.0 Å². The van der Waals surface area contributed by atoms with Gasteiger partial charge in [-0.25, -0.2) is 13.2 Å². The van der Waals surface area contributed by atoms with Crippen molar-refractivity contribution in [2.45, 2.75) is 24.8 Å². The summed E-state index contributed by atoms with van der Waals surface area (Å²) in [6, 6.07) is 2.40. The van der Waals surface area contributed by atoms with Crippen molar-refractivity contribution in [2.24, 2.45) is 0 Å². The van der Waals surface area contributed by atoms with Crippen LogP contribution in [-0.4, -0.2) is 45.2 Å². The Kier molecular flexibility index (Phi) is 5.89. The molecule has 0 saturated carbocycles. The average Bonchev–Trinajstić information content (AvgIpc) is 2.46. The third-order valence-electron chi connectivity index (χ3n) is 2.67. The van der Waals surface area contributed by atoms with E-state index in [-0.39, 0.29) is 22.8 Å². The second-order valence-corrected chi connectivity index (χ2v) is 5.95. The lowest BCUT2D eigenvalue weighted by atomic mass is 10.2. The van der Waals surface area contributed by atoms with Crippen LogP contribution in [-0.2, 0) is 19.6 Å². The fourth-order valence-corrected chi connectivity index (χ4v) is 2.97. The Bertz CT molecular complexity index is 669. The fraction of sp³-hybridized carbons (Fsp3) is 0.385. The first-order valence-corrected chi connectivity index (χ1v) is 7.81. The Labute approximate surface area is 128 Å². The van der Waals surface area contributed by atoms with E-state index in [1.807, 2.05) is 4.72 Å². The monoisotopic (exact) mass is 331 g/mol. The number of carbonyl (C=O) groups excluding carboxylic acids is 1. The Hall–Kier alpha value is -2.13. The van der Waals surface area contributed by atoms with Gasteiger partial charge in [-0.05, 0) is 32.0 Å². The van der Waals surface area contributed by atoms with E-state index < -0.39 is 28.0 Å². The van der Waals surface area contributed by atoms with E-state index >= 15 is 0 Å². The van der Waals surface area contributed by atoms with Gasteiger partial charge >= 0.3 is 11.9 Å². The molecule has 0 aliphatic rings. The standard InChI is InChI=1S/C13H17NO7S/c1-4-21-13(17)9-5-6-10(20-3)11(7-9)22(18,19)14-8(2)12(15)16/h5-8,14H,4H2,1-3H3,(H,15,16). The van der Waals surface area contributed by atoms with E-state index in [0.29, 0.717) is 0 Å². The minimum absolute atomic E-state index is 0.0156. The molecule has 1 unspecified atom stereocenters. The SMILES string of the molecule is CCOC(=O)c1ccc(OC)c(S(=O)(=O)NC(C)C(=O)O)c1. The molecule has 0 aliphatic heterocycles. The highest BCUT2D eigenvalue weighted by atomic mass is 32.2. The van der Waals surface area contributed by atoms with E-state index in [2.05, 4.69) is 0 Å². The predicted molar refractivity (Wildman–Crippen MR) is 76.4 cm³/mol. The van der Waals surface area contributed by atoms with Crippen molar-refractivity contribution in [3.05, 3.63) is 23.8 Å². The van der Waals surface area contributed by atoms with Crippen LogP contribution in [0.15, 0.2) is 23.1 Å². The number of ether oxygens (including phenoxy) is 2. The zero-order valence-electron chi connectivity index (χ0n) is 12.3. The van der Waals surface area contributed by atoms with E-state index in [4.69, 9.17) is 14.6 Å². The van der Waals surface area contributed by atoms with Gasteiger partial charge in [0.1, 0.15) is 16.7 Å². The molecule has 0 aliphatic carbocycles. The molecule has 0 radical (unpaired) electrons. The van der Waals surface area contributed by atoms with E-state index in [1.54, 1.807) is 6.92 Å². The first-order valence-electron chi connectivity index (χ1n) is 6.33. The molecule has 22 heavy (non-hydrogen) atoms. The lowest BCUT2D eigenvalue weighted by molar-refractivity contribution is -0.138. The summed E-state index contributed by atoms with van der Waals surface area (Å²) in [5.74, 6) is -2.03. The highest BCUT2D eigenvalue weighted by Crippen LogP contribution is 2.25. The Morgan fingerprint density at radius 3 is 2.50 bits per heavy atom. The number of hydrogen-bond acceptors (Lipinski definition) is 6. The van der Waals surface area contributed by atoms with Gasteiger partial charge in [0.15, 0.2) is 0 Å². The first kappa shape index (κ1) is 17.9. The van der Waals surface area contributed by atoms with E-state index in [1.165, 1.54) is 26.2 Å². The number of esters is 1. The first-order chi connectivity index (χ1) is 10.2. The Morgan fingerprint density at radius 2 is 2.00 bits per heavy atom. The number of hydrogen-bond donors (Lipinski definition) is 2. The van der Waals surface area contributed by atoms with Crippen LogP contribution in [0.5, 0.6) is 5.75 Å². The summed E-state index contributed by atoms with van der Waals surface area (Å²) in [5.41, 5.74) is 0.0194. The molecular formula is C13H17NO7S. The highest BCUT2D eigenvalue weighted by molar-refractivity contribution is 7.89. The van der Waals surface area contributed by atoms with E-state index in [0.717, 1.165) is 6.07 Å². The summed E-state index contributed by atoms with van der Waals surface area (Å²) >= 11 is 0. The van der Waals surface area contributed by atoms with Gasteiger partial charge < -0.3 is 14.6 Å². The van der Waals surface area contributed by atoms with Gasteiger partial charge in [-0.3, -0.25) is 4.79 Å². The number of sulfonamides is 1. The zero-order chi connectivity index (χ0) is 16.9. The van der Waals surface area contributed by atoms with Crippen LogP contribution in [0.4, 0.5) is 0 Å². The molecule has 0 amide bonds. The quantitative estimate of drug-likeness (QED) is 0.703. The number of rotatable bonds is 7. The summed E-state index contributed by atoms with van der Waals surface area (Å²) in [6.07, 6.45) is 0. The zero-order valence-corrected chi connectivity index (χ0v) is 13.1. The van der Waals surface area contributed by atoms with Gasteiger partial charge in [0.2, 0.25) is 10.0 Å². The molecule has 1 aromatic carbocycles. The van der Waals surface area contributed by atoms with Crippen LogP contribution in [0.1, 0.15) is 24.2 Å². The van der Waals surface area contributed by atoms with Gasteiger partial charge in [-0.15, -0.1) is 0 Å². The van der Waals surface area contributed by atoms with Crippen LogP contribution in [0, 0.1) is 0 Å². The third kappa shape index (κ3) is 4.18. The molecule has 0 bridgehead atoms. The molecule has 1 aromatic rings. The summed E-state index contributed by atoms with van der Waals surface area (Å²) in [6.45, 7) is 2.94. The van der Waals surface area contributed by atoms with Crippen molar-refractivity contribution in [2.75, 3.05) is 13.7 Å². The van der Waals surface area contributed by atoms with Crippen molar-refractivity contribution < 1.29 is 32.6 Å². The van der Waals surface area contributed by atoms with Crippen LogP contribution < -0.4 is 9.46 Å². The number of carboxylic acid groups (broad SMARTS) is 1. The largest absolute Gasteiger partial charge is 0.495 e. The second-order valence-electron chi connectivity index (χ2n) is 4.27. The number of carbonyl (C=O) groups is 2. The van der Waals surface area contributed by atoms with Crippen LogP contribution in [0.25, 0.3) is 0 Å².